The van der Waals surface area contributed by atoms with Crippen LogP contribution in [0, 0.1) is 0 Å². The lowest BCUT2D eigenvalue weighted by atomic mass is 10.2. The lowest BCUT2D eigenvalue weighted by Crippen LogP contribution is -2.09. The van der Waals surface area contributed by atoms with Crippen molar-refractivity contribution in [2.75, 3.05) is 6.61 Å². The van der Waals surface area contributed by atoms with Crippen molar-refractivity contribution in [2.45, 2.75) is 26.3 Å². The minimum absolute atomic E-state index is 0.218. The Labute approximate surface area is 87.3 Å². The maximum Gasteiger partial charge on any atom is 0.272 e. The lowest BCUT2D eigenvalue weighted by Gasteiger charge is -2.08. The highest BCUT2D eigenvalue weighted by Gasteiger charge is 2.06. The third kappa shape index (κ3) is 3.79. The molecule has 0 spiro atoms. The van der Waals surface area contributed by atoms with Crippen molar-refractivity contribution in [3.05, 3.63) is 23.4 Å². The van der Waals surface area contributed by atoms with Gasteiger partial charge in [0.1, 0.15) is 0 Å². The molecule has 0 radical (unpaired) electrons. The fourth-order valence-corrected chi connectivity index (χ4v) is 1.14. The molecule has 0 atom stereocenters. The van der Waals surface area contributed by atoms with Crippen LogP contribution in [0.2, 0.25) is 0 Å². The highest BCUT2D eigenvalue weighted by Crippen LogP contribution is 2.13. The van der Waals surface area contributed by atoms with Gasteiger partial charge in [0.05, 0.1) is 0 Å². The van der Waals surface area contributed by atoms with Crippen molar-refractivity contribution in [2.24, 2.45) is 5.73 Å². The molecule has 0 aliphatic heterocycles. The molecule has 2 N–H and O–H groups in total. The predicted molar refractivity (Wildman–Crippen MR) is 53.0 cm³/mol. The summed E-state index contributed by atoms with van der Waals surface area (Å²) >= 11 is 0. The second-order valence-corrected chi connectivity index (χ2v) is 3.06. The first-order valence-corrected chi connectivity index (χ1v) is 4.76. The molecule has 1 heterocycles. The van der Waals surface area contributed by atoms with Gasteiger partial charge in [0.2, 0.25) is 5.88 Å². The van der Waals surface area contributed by atoms with Crippen LogP contribution in [-0.4, -0.2) is 18.0 Å². The summed E-state index contributed by atoms with van der Waals surface area (Å²) in [6.07, 6.45) is -1.77. The highest BCUT2D eigenvalue weighted by molar-refractivity contribution is 5.25. The summed E-state index contributed by atoms with van der Waals surface area (Å²) < 4.78 is 28.7. The van der Waals surface area contributed by atoms with Crippen molar-refractivity contribution < 1.29 is 13.5 Å². The third-order valence-corrected chi connectivity index (χ3v) is 1.87. The van der Waals surface area contributed by atoms with Gasteiger partial charge in [0, 0.05) is 18.3 Å². The number of nitrogens with two attached hydrogens (primary N) is 1. The Morgan fingerprint density at radius 1 is 1.47 bits per heavy atom. The van der Waals surface area contributed by atoms with Gasteiger partial charge in [0.15, 0.2) is 6.61 Å². The van der Waals surface area contributed by atoms with Crippen LogP contribution in [0.25, 0.3) is 0 Å². The normalized spacial score (nSPS) is 10.7. The Kier molecular flexibility index (Phi) is 4.42. The maximum absolute atomic E-state index is 11.9. The summed E-state index contributed by atoms with van der Waals surface area (Å²) in [6, 6.07) is 3.43. The zero-order valence-electron chi connectivity index (χ0n) is 8.54. The van der Waals surface area contributed by atoms with Gasteiger partial charge >= 0.3 is 0 Å². The minimum Gasteiger partial charge on any atom is -0.472 e. The second kappa shape index (κ2) is 5.60. The van der Waals surface area contributed by atoms with Crippen molar-refractivity contribution >= 4 is 0 Å². The van der Waals surface area contributed by atoms with Crippen LogP contribution < -0.4 is 10.5 Å². The van der Waals surface area contributed by atoms with Gasteiger partial charge in [0.25, 0.3) is 6.43 Å². The number of rotatable bonds is 5. The van der Waals surface area contributed by atoms with E-state index in [0.29, 0.717) is 6.54 Å². The van der Waals surface area contributed by atoms with Crippen molar-refractivity contribution in [3.63, 3.8) is 0 Å². The molecule has 1 aromatic rings. The van der Waals surface area contributed by atoms with E-state index in [1.807, 2.05) is 13.0 Å². The number of halogens is 2. The van der Waals surface area contributed by atoms with Gasteiger partial charge in [-0.2, -0.15) is 0 Å². The standard InChI is InChI=1S/C10H14F2N2O/c1-2-8-3-7(5-13)4-10(14-8)15-6-9(11)12/h3-4,9H,2,5-6,13H2,1H3. The van der Waals surface area contributed by atoms with E-state index in [0.717, 1.165) is 17.7 Å². The fourth-order valence-electron chi connectivity index (χ4n) is 1.14. The van der Waals surface area contributed by atoms with Crippen LogP contribution >= 0.6 is 0 Å². The van der Waals surface area contributed by atoms with Crippen LogP contribution in [0.15, 0.2) is 12.1 Å². The molecule has 1 aromatic heterocycles. The number of pyridine rings is 1. The molecule has 0 aliphatic carbocycles. The number of hydrogen-bond donors (Lipinski definition) is 1. The molecule has 1 rings (SSSR count). The quantitative estimate of drug-likeness (QED) is 0.815. The Hall–Kier alpha value is -1.23. The summed E-state index contributed by atoms with van der Waals surface area (Å²) in [5.74, 6) is 0.218. The van der Waals surface area contributed by atoms with Gasteiger partial charge in [-0.1, -0.05) is 6.92 Å². The Balaban J connectivity index is 2.77. The number of hydrogen-bond acceptors (Lipinski definition) is 3. The van der Waals surface area contributed by atoms with Gasteiger partial charge in [-0.3, -0.25) is 0 Å². The first-order valence-electron chi connectivity index (χ1n) is 4.76. The molecule has 15 heavy (non-hydrogen) atoms. The summed E-state index contributed by atoms with van der Waals surface area (Å²) in [7, 11) is 0. The number of ether oxygens (including phenoxy) is 1. The third-order valence-electron chi connectivity index (χ3n) is 1.87. The maximum atomic E-state index is 11.9. The SMILES string of the molecule is CCc1cc(CN)cc(OCC(F)F)n1. The average molecular weight is 216 g/mol. The number of nitrogens with zero attached hydrogens (tertiary/aromatic N) is 1. The highest BCUT2D eigenvalue weighted by atomic mass is 19.3. The minimum atomic E-state index is -2.49. The predicted octanol–water partition coefficient (Wildman–Crippen LogP) is 1.75. The Morgan fingerprint density at radius 3 is 2.73 bits per heavy atom. The van der Waals surface area contributed by atoms with E-state index in [2.05, 4.69) is 4.98 Å². The smallest absolute Gasteiger partial charge is 0.272 e. The van der Waals surface area contributed by atoms with E-state index in [1.165, 1.54) is 0 Å². The van der Waals surface area contributed by atoms with E-state index < -0.39 is 13.0 Å². The first-order chi connectivity index (χ1) is 7.15. The topological polar surface area (TPSA) is 48.1 Å². The molecule has 0 amide bonds. The summed E-state index contributed by atoms with van der Waals surface area (Å²) in [5, 5.41) is 0. The molecule has 0 unspecified atom stereocenters. The molecular formula is C10H14F2N2O. The molecular weight excluding hydrogens is 202 g/mol. The zero-order valence-corrected chi connectivity index (χ0v) is 8.54. The molecule has 3 nitrogen and oxygen atoms in total. The van der Waals surface area contributed by atoms with E-state index >= 15 is 0 Å². The summed E-state index contributed by atoms with van der Waals surface area (Å²) in [4.78, 5) is 4.06. The fraction of sp³-hybridized carbons (Fsp3) is 0.500. The van der Waals surface area contributed by atoms with Crippen molar-refractivity contribution in [1.29, 1.82) is 0 Å². The van der Waals surface area contributed by atoms with E-state index in [-0.39, 0.29) is 5.88 Å². The van der Waals surface area contributed by atoms with Gasteiger partial charge in [-0.05, 0) is 18.1 Å². The molecule has 0 bridgehead atoms. The Bertz CT molecular complexity index is 296. The van der Waals surface area contributed by atoms with Crippen molar-refractivity contribution in [1.82, 2.24) is 4.98 Å². The molecule has 0 saturated heterocycles. The van der Waals surface area contributed by atoms with Crippen LogP contribution in [0.4, 0.5) is 8.78 Å². The van der Waals surface area contributed by atoms with E-state index in [9.17, 15) is 8.78 Å². The van der Waals surface area contributed by atoms with E-state index in [1.54, 1.807) is 6.07 Å². The van der Waals surface area contributed by atoms with Gasteiger partial charge in [-0.25, -0.2) is 13.8 Å². The number of aromatic nitrogens is 1. The lowest BCUT2D eigenvalue weighted by molar-refractivity contribution is 0.0794. The molecule has 0 saturated carbocycles. The monoisotopic (exact) mass is 216 g/mol. The molecule has 0 fully saturated rings. The van der Waals surface area contributed by atoms with Crippen LogP contribution in [0.5, 0.6) is 5.88 Å². The average Bonchev–Trinajstić information content (AvgIpc) is 2.25. The summed E-state index contributed by atoms with van der Waals surface area (Å²) in [5.41, 5.74) is 7.10. The van der Waals surface area contributed by atoms with Crippen LogP contribution in [0.3, 0.4) is 0 Å². The zero-order chi connectivity index (χ0) is 11.3. The second-order valence-electron chi connectivity index (χ2n) is 3.06. The molecule has 0 aliphatic rings. The van der Waals surface area contributed by atoms with Crippen molar-refractivity contribution in [3.8, 4) is 5.88 Å². The van der Waals surface area contributed by atoms with E-state index in [4.69, 9.17) is 10.5 Å². The summed E-state index contributed by atoms with van der Waals surface area (Å²) in [6.45, 7) is 1.64. The number of aryl methyl sites for hydroxylation is 1. The molecule has 84 valence electrons. The molecule has 0 aromatic carbocycles. The molecule has 5 heteroatoms. The first kappa shape index (κ1) is 11.8. The largest absolute Gasteiger partial charge is 0.472 e. The Morgan fingerprint density at radius 2 is 2.20 bits per heavy atom. The van der Waals surface area contributed by atoms with Gasteiger partial charge < -0.3 is 10.5 Å². The van der Waals surface area contributed by atoms with Crippen LogP contribution in [-0.2, 0) is 13.0 Å². The van der Waals surface area contributed by atoms with Gasteiger partial charge in [-0.15, -0.1) is 0 Å². The van der Waals surface area contributed by atoms with Crippen LogP contribution in [0.1, 0.15) is 18.2 Å². The number of alkyl halides is 2.